The Kier molecular flexibility index (Phi) is 5.15. The van der Waals surface area contributed by atoms with Crippen LogP contribution in [0.2, 0.25) is 0 Å². The molecule has 0 bridgehead atoms. The lowest BCUT2D eigenvalue weighted by Crippen LogP contribution is -2.30. The smallest absolute Gasteiger partial charge is 0.274 e. The van der Waals surface area contributed by atoms with E-state index in [0.29, 0.717) is 36.6 Å². The number of aromatic nitrogens is 4. The predicted molar refractivity (Wildman–Crippen MR) is 114 cm³/mol. The molecule has 1 aliphatic rings. The fraction of sp³-hybridized carbons (Fsp3) is 0.364. The molecule has 0 radical (unpaired) electrons. The number of aromatic amines is 1. The molecule has 3 N–H and O–H groups in total. The highest BCUT2D eigenvalue weighted by molar-refractivity contribution is 6.02. The van der Waals surface area contributed by atoms with Gasteiger partial charge in [0.25, 0.3) is 5.91 Å². The van der Waals surface area contributed by atoms with Gasteiger partial charge in [-0.15, -0.1) is 0 Å². The molecule has 1 aliphatic heterocycles. The molecule has 1 saturated heterocycles. The van der Waals surface area contributed by atoms with E-state index in [2.05, 4.69) is 15.3 Å². The van der Waals surface area contributed by atoms with Crippen molar-refractivity contribution >= 4 is 17.5 Å². The van der Waals surface area contributed by atoms with Crippen molar-refractivity contribution in [3.63, 3.8) is 0 Å². The lowest BCUT2D eigenvalue weighted by Gasteiger charge is -2.14. The van der Waals surface area contributed by atoms with Crippen molar-refractivity contribution in [3.8, 4) is 5.69 Å². The fourth-order valence-corrected chi connectivity index (χ4v) is 3.72. The van der Waals surface area contributed by atoms with Crippen LogP contribution < -0.4 is 5.73 Å². The third-order valence-corrected chi connectivity index (χ3v) is 5.64. The van der Waals surface area contributed by atoms with Gasteiger partial charge in [-0.2, -0.15) is 10.2 Å². The molecule has 1 aromatic carbocycles. The molecular formula is C22H26N6O2. The molecule has 1 fully saturated rings. The van der Waals surface area contributed by atoms with E-state index in [1.165, 1.54) is 6.20 Å². The molecule has 8 nitrogen and oxygen atoms in total. The summed E-state index contributed by atoms with van der Waals surface area (Å²) in [6.07, 6.45) is 2.12. The third kappa shape index (κ3) is 3.60. The number of nitrogens with two attached hydrogens (primary N) is 1. The summed E-state index contributed by atoms with van der Waals surface area (Å²) in [6, 6.07) is 9.55. The van der Waals surface area contributed by atoms with Gasteiger partial charge in [0.2, 0.25) is 0 Å². The number of rotatable bonds is 5. The van der Waals surface area contributed by atoms with E-state index in [0.717, 1.165) is 16.9 Å². The number of likely N-dealkylation sites (tertiary alicyclic amines) is 1. The number of hydrogen-bond donors (Lipinski definition) is 2. The fourth-order valence-electron chi connectivity index (χ4n) is 3.72. The van der Waals surface area contributed by atoms with Crippen molar-refractivity contribution in [2.24, 2.45) is 5.92 Å². The van der Waals surface area contributed by atoms with Crippen LogP contribution in [0.25, 0.3) is 5.69 Å². The lowest BCUT2D eigenvalue weighted by atomic mass is 9.98. The Morgan fingerprint density at radius 2 is 1.97 bits per heavy atom. The second kappa shape index (κ2) is 7.78. The van der Waals surface area contributed by atoms with Gasteiger partial charge < -0.3 is 10.6 Å². The van der Waals surface area contributed by atoms with E-state index in [1.807, 2.05) is 45.0 Å². The van der Waals surface area contributed by atoms with Gasteiger partial charge in [-0.05, 0) is 37.5 Å². The van der Waals surface area contributed by atoms with Gasteiger partial charge in [0.1, 0.15) is 11.5 Å². The largest absolute Gasteiger partial charge is 0.383 e. The number of benzene rings is 1. The van der Waals surface area contributed by atoms with E-state index >= 15 is 0 Å². The summed E-state index contributed by atoms with van der Waals surface area (Å²) < 4.78 is 1.57. The molecule has 156 valence electrons. The molecule has 8 heteroatoms. The van der Waals surface area contributed by atoms with Gasteiger partial charge >= 0.3 is 0 Å². The van der Waals surface area contributed by atoms with Crippen molar-refractivity contribution in [1.82, 2.24) is 24.9 Å². The van der Waals surface area contributed by atoms with Crippen LogP contribution in [-0.2, 0) is 0 Å². The SMILES string of the molecule is Cc1ccc(-n2ncc(C(=O)[C@@H]3CCN(C(=O)c4cc(C(C)C)[nH]n4)C3)c2N)cc1. The Hall–Kier alpha value is -3.42. The Labute approximate surface area is 175 Å². The molecule has 0 aliphatic carbocycles. The van der Waals surface area contributed by atoms with E-state index in [9.17, 15) is 9.59 Å². The number of nitrogens with zero attached hydrogens (tertiary/aromatic N) is 4. The van der Waals surface area contributed by atoms with Crippen LogP contribution in [0.4, 0.5) is 5.82 Å². The van der Waals surface area contributed by atoms with Crippen molar-refractivity contribution in [3.05, 3.63) is 59.0 Å². The standard InChI is InChI=1S/C22H26N6O2/c1-13(2)18-10-19(26-25-18)22(30)27-9-8-15(12-27)20(29)17-11-24-28(21(17)23)16-6-4-14(3)5-7-16/h4-7,10-11,13,15H,8-9,12,23H2,1-3H3,(H,25,26)/t15-/m1/s1. The number of aryl methyl sites for hydroxylation is 1. The number of Topliss-reactive ketones (excluding diaryl/α,β-unsaturated/α-hetero) is 1. The molecule has 0 unspecified atom stereocenters. The zero-order valence-corrected chi connectivity index (χ0v) is 17.4. The average molecular weight is 406 g/mol. The van der Waals surface area contributed by atoms with Crippen LogP contribution in [0.15, 0.2) is 36.5 Å². The van der Waals surface area contributed by atoms with Crippen molar-refractivity contribution in [2.75, 3.05) is 18.8 Å². The van der Waals surface area contributed by atoms with Gasteiger partial charge in [0.15, 0.2) is 5.78 Å². The van der Waals surface area contributed by atoms with Crippen LogP contribution in [0.1, 0.15) is 58.3 Å². The molecule has 4 rings (SSSR count). The Morgan fingerprint density at radius 3 is 2.63 bits per heavy atom. The number of carbonyl (C=O) groups excluding carboxylic acids is 2. The van der Waals surface area contributed by atoms with E-state index < -0.39 is 0 Å². The van der Waals surface area contributed by atoms with E-state index in [-0.39, 0.29) is 23.5 Å². The van der Waals surface area contributed by atoms with Gasteiger partial charge in [0.05, 0.1) is 17.4 Å². The number of H-pyrrole nitrogens is 1. The van der Waals surface area contributed by atoms with Crippen LogP contribution in [0.3, 0.4) is 0 Å². The van der Waals surface area contributed by atoms with Crippen LogP contribution >= 0.6 is 0 Å². The van der Waals surface area contributed by atoms with E-state index in [1.54, 1.807) is 15.6 Å². The van der Waals surface area contributed by atoms with Gasteiger partial charge in [-0.25, -0.2) is 4.68 Å². The number of anilines is 1. The number of hydrogen-bond acceptors (Lipinski definition) is 5. The predicted octanol–water partition coefficient (Wildman–Crippen LogP) is 2.95. The molecule has 2 aromatic heterocycles. The minimum atomic E-state index is -0.296. The first-order valence-electron chi connectivity index (χ1n) is 10.1. The topological polar surface area (TPSA) is 110 Å². The highest BCUT2D eigenvalue weighted by Crippen LogP contribution is 2.26. The summed E-state index contributed by atoms with van der Waals surface area (Å²) in [4.78, 5) is 27.5. The quantitative estimate of drug-likeness (QED) is 0.633. The molecule has 3 heterocycles. The molecule has 0 spiro atoms. The second-order valence-corrected chi connectivity index (χ2v) is 8.16. The second-order valence-electron chi connectivity index (χ2n) is 8.16. The maximum absolute atomic E-state index is 13.1. The van der Waals surface area contributed by atoms with Crippen LogP contribution in [0.5, 0.6) is 0 Å². The summed E-state index contributed by atoms with van der Waals surface area (Å²) in [5.41, 5.74) is 9.89. The number of amides is 1. The lowest BCUT2D eigenvalue weighted by molar-refractivity contribution is 0.0775. The normalized spacial score (nSPS) is 16.4. The first kappa shape index (κ1) is 19.9. The molecular weight excluding hydrogens is 380 g/mol. The number of nitrogen functional groups attached to an aromatic ring is 1. The number of ketones is 1. The van der Waals surface area contributed by atoms with Crippen molar-refractivity contribution in [1.29, 1.82) is 0 Å². The molecule has 1 atom stereocenters. The zero-order valence-electron chi connectivity index (χ0n) is 17.4. The zero-order chi connectivity index (χ0) is 21.4. The van der Waals surface area contributed by atoms with Crippen molar-refractivity contribution < 1.29 is 9.59 Å². The Bertz CT molecular complexity index is 1080. The summed E-state index contributed by atoms with van der Waals surface area (Å²) >= 11 is 0. The summed E-state index contributed by atoms with van der Waals surface area (Å²) in [5.74, 6) is 0.0563. The van der Waals surface area contributed by atoms with Crippen LogP contribution in [0, 0.1) is 12.8 Å². The monoisotopic (exact) mass is 406 g/mol. The third-order valence-electron chi connectivity index (χ3n) is 5.64. The maximum atomic E-state index is 13.1. The van der Waals surface area contributed by atoms with Gasteiger partial charge in [-0.1, -0.05) is 31.5 Å². The number of carbonyl (C=O) groups is 2. The summed E-state index contributed by atoms with van der Waals surface area (Å²) in [5, 5.41) is 11.3. The molecule has 1 amide bonds. The maximum Gasteiger partial charge on any atom is 0.274 e. The average Bonchev–Trinajstić information content (AvgIpc) is 3.47. The summed E-state index contributed by atoms with van der Waals surface area (Å²) in [6.45, 7) is 6.95. The van der Waals surface area contributed by atoms with Crippen LogP contribution in [-0.4, -0.2) is 49.7 Å². The first-order valence-corrected chi connectivity index (χ1v) is 10.1. The van der Waals surface area contributed by atoms with E-state index in [4.69, 9.17) is 5.73 Å². The first-order chi connectivity index (χ1) is 14.3. The Balaban J connectivity index is 1.47. The molecule has 3 aromatic rings. The van der Waals surface area contributed by atoms with Gasteiger partial charge in [0, 0.05) is 24.7 Å². The Morgan fingerprint density at radius 1 is 1.23 bits per heavy atom. The number of nitrogens with one attached hydrogen (secondary N) is 1. The minimum Gasteiger partial charge on any atom is -0.383 e. The van der Waals surface area contributed by atoms with Crippen molar-refractivity contribution in [2.45, 2.75) is 33.1 Å². The highest BCUT2D eigenvalue weighted by atomic mass is 16.2. The minimum absolute atomic E-state index is 0.0777. The van der Waals surface area contributed by atoms with Gasteiger partial charge in [-0.3, -0.25) is 14.7 Å². The molecule has 0 saturated carbocycles. The highest BCUT2D eigenvalue weighted by Gasteiger charge is 2.34. The molecule has 30 heavy (non-hydrogen) atoms. The summed E-state index contributed by atoms with van der Waals surface area (Å²) in [7, 11) is 0.